The van der Waals surface area contributed by atoms with Crippen LogP contribution in [0.3, 0.4) is 0 Å². The number of ether oxygens (including phenoxy) is 1. The monoisotopic (exact) mass is 806 g/mol. The van der Waals surface area contributed by atoms with Crippen molar-refractivity contribution in [2.24, 2.45) is 0 Å². The number of anilines is 4. The van der Waals surface area contributed by atoms with Gasteiger partial charge in [-0.3, -0.25) is 34.3 Å². The fourth-order valence-corrected chi connectivity index (χ4v) is 8.48. The molecule has 0 aliphatic carbocycles. The number of nitriles is 1. The summed E-state index contributed by atoms with van der Waals surface area (Å²) in [6.45, 7) is 9.51. The predicted octanol–water partition coefficient (Wildman–Crippen LogP) is 5.86. The molecule has 13 nitrogen and oxygen atoms in total. The molecule has 6 rings (SSSR count). The number of piperidine rings is 2. The van der Waals surface area contributed by atoms with Gasteiger partial charge < -0.3 is 20.3 Å². The highest BCUT2D eigenvalue weighted by atomic mass is 32.1. The van der Waals surface area contributed by atoms with Crippen LogP contribution >= 0.6 is 12.6 Å². The van der Waals surface area contributed by atoms with Crippen LogP contribution in [0, 0.1) is 11.3 Å². The Morgan fingerprint density at radius 2 is 1.77 bits per heavy atom. The first-order chi connectivity index (χ1) is 26.9. The highest BCUT2D eigenvalue weighted by Crippen LogP contribution is 2.43. The molecule has 2 aromatic carbocycles. The third-order valence-electron chi connectivity index (χ3n) is 10.8. The number of likely N-dealkylation sites (tertiary alicyclic amines) is 1. The van der Waals surface area contributed by atoms with Crippen molar-refractivity contribution < 1.29 is 37.1 Å². The number of carbonyl (C=O) groups is 4. The van der Waals surface area contributed by atoms with E-state index in [2.05, 4.69) is 25.8 Å². The molecule has 3 fully saturated rings. The zero-order valence-corrected chi connectivity index (χ0v) is 33.1. The maximum absolute atomic E-state index is 13.8. The summed E-state index contributed by atoms with van der Waals surface area (Å²) in [5.41, 5.74) is -1.40. The average Bonchev–Trinajstić information content (AvgIpc) is 3.32. The quantitative estimate of drug-likeness (QED) is 0.145. The van der Waals surface area contributed by atoms with Crippen LogP contribution in [-0.4, -0.2) is 75.3 Å². The Labute approximate surface area is 334 Å². The molecule has 17 heteroatoms. The van der Waals surface area contributed by atoms with Gasteiger partial charge in [0.05, 0.1) is 35.6 Å². The maximum Gasteiger partial charge on any atom is 0.417 e. The first kappa shape index (κ1) is 41.3. The Morgan fingerprint density at radius 3 is 2.42 bits per heavy atom. The van der Waals surface area contributed by atoms with Crippen molar-refractivity contribution in [3.63, 3.8) is 0 Å². The Kier molecular flexibility index (Phi) is 11.8. The topological polar surface area (TPSA) is 160 Å². The van der Waals surface area contributed by atoms with Crippen LogP contribution in [0.2, 0.25) is 0 Å². The summed E-state index contributed by atoms with van der Waals surface area (Å²) in [5, 5.41) is 17.7. The Hall–Kier alpha value is -5.34. The maximum atomic E-state index is 13.8. The molecular formula is C40H45F3N8O5S. The first-order valence-electron chi connectivity index (χ1n) is 18.7. The number of halogens is 3. The van der Waals surface area contributed by atoms with Crippen molar-refractivity contribution in [3.8, 4) is 11.9 Å². The lowest BCUT2D eigenvalue weighted by Crippen LogP contribution is -2.52. The molecule has 1 aromatic heterocycles. The van der Waals surface area contributed by atoms with Crippen molar-refractivity contribution in [2.75, 3.05) is 27.0 Å². The molecule has 0 radical (unpaired) electrons. The molecule has 4 heterocycles. The zero-order valence-electron chi connectivity index (χ0n) is 32.2. The molecular weight excluding hydrogens is 762 g/mol. The van der Waals surface area contributed by atoms with Crippen LogP contribution in [-0.2, 0) is 31.8 Å². The van der Waals surface area contributed by atoms with E-state index in [1.165, 1.54) is 11.0 Å². The number of nitrogens with one attached hydrogen (secondary N) is 3. The van der Waals surface area contributed by atoms with Crippen molar-refractivity contribution in [1.29, 1.82) is 5.26 Å². The number of hydrogen-bond donors (Lipinski definition) is 4. The van der Waals surface area contributed by atoms with Crippen molar-refractivity contribution in [2.45, 2.75) is 108 Å². The summed E-state index contributed by atoms with van der Waals surface area (Å²) in [4.78, 5) is 60.3. The number of rotatable bonds is 10. The fourth-order valence-electron chi connectivity index (χ4n) is 7.82. The molecule has 4 amide bonds. The van der Waals surface area contributed by atoms with E-state index in [-0.39, 0.29) is 54.6 Å². The van der Waals surface area contributed by atoms with Gasteiger partial charge in [-0.2, -0.15) is 18.4 Å². The van der Waals surface area contributed by atoms with Gasteiger partial charge in [-0.15, -0.1) is 12.6 Å². The van der Waals surface area contributed by atoms with Gasteiger partial charge >= 0.3 is 6.18 Å². The summed E-state index contributed by atoms with van der Waals surface area (Å²) >= 11 is 4.71. The number of nitrogens with zero attached hydrogens (tertiary/aromatic N) is 5. The van der Waals surface area contributed by atoms with Crippen LogP contribution in [0.4, 0.5) is 35.9 Å². The van der Waals surface area contributed by atoms with Crippen LogP contribution in [0.15, 0.2) is 54.7 Å². The highest BCUT2D eigenvalue weighted by molar-refractivity contribution is 7.81. The molecule has 302 valence electrons. The lowest BCUT2D eigenvalue weighted by Gasteiger charge is -2.42. The Morgan fingerprint density at radius 1 is 1.07 bits per heavy atom. The molecule has 4 unspecified atom stereocenters. The van der Waals surface area contributed by atoms with Gasteiger partial charge in [0.1, 0.15) is 17.7 Å². The van der Waals surface area contributed by atoms with Crippen LogP contribution in [0.1, 0.15) is 77.0 Å². The molecule has 4 atom stereocenters. The smallest absolute Gasteiger partial charge is 0.417 e. The first-order valence-corrected chi connectivity index (χ1v) is 19.3. The van der Waals surface area contributed by atoms with E-state index in [0.29, 0.717) is 48.6 Å². The Bertz CT molecular complexity index is 2100. The van der Waals surface area contributed by atoms with E-state index in [9.17, 15) is 37.6 Å². The predicted molar refractivity (Wildman–Crippen MR) is 211 cm³/mol. The van der Waals surface area contributed by atoms with Gasteiger partial charge in [0.15, 0.2) is 5.50 Å². The third kappa shape index (κ3) is 8.66. The summed E-state index contributed by atoms with van der Waals surface area (Å²) < 4.78 is 47.9. The summed E-state index contributed by atoms with van der Waals surface area (Å²) in [5.74, 6) is -0.910. The molecule has 0 saturated carbocycles. The summed E-state index contributed by atoms with van der Waals surface area (Å²) in [7, 11) is 0. The number of pyridine rings is 1. The number of carbonyl (C=O) groups excluding carboxylic acids is 4. The normalized spacial score (nSPS) is 23.9. The van der Waals surface area contributed by atoms with Gasteiger partial charge in [0.25, 0.3) is 5.91 Å². The second kappa shape index (κ2) is 16.3. The SMILES string of the molecule is CCc1cc(N2C(S)N(c3ccc(C#N)c(C(F)(F)F)c3)C(=O)C2(C)C)cnc1OC1CC(C)N(CC(=O)Nc2cccc(NC3CCC(=O)NC3=O)c2)C(C)C1. The Balaban J connectivity index is 1.09. The minimum absolute atomic E-state index is 0.0122. The van der Waals surface area contributed by atoms with Crippen molar-refractivity contribution in [1.82, 2.24) is 15.2 Å². The highest BCUT2D eigenvalue weighted by Gasteiger charge is 2.52. The van der Waals surface area contributed by atoms with Crippen LogP contribution in [0.25, 0.3) is 0 Å². The van der Waals surface area contributed by atoms with E-state index >= 15 is 0 Å². The third-order valence-corrected chi connectivity index (χ3v) is 11.2. The van der Waals surface area contributed by atoms with Gasteiger partial charge in [0.2, 0.25) is 23.6 Å². The molecule has 3 aliphatic rings. The second-order valence-electron chi connectivity index (χ2n) is 15.2. The molecule has 3 saturated heterocycles. The van der Waals surface area contributed by atoms with Gasteiger partial charge in [-0.25, -0.2) is 4.98 Å². The molecule has 0 bridgehead atoms. The lowest BCUT2D eigenvalue weighted by molar-refractivity contribution is -0.138. The van der Waals surface area contributed by atoms with E-state index in [1.54, 1.807) is 55.3 Å². The summed E-state index contributed by atoms with van der Waals surface area (Å²) in [6.07, 6.45) is -1.00. The van der Waals surface area contributed by atoms with Gasteiger partial charge in [-0.1, -0.05) is 13.0 Å². The van der Waals surface area contributed by atoms with E-state index in [4.69, 9.17) is 17.4 Å². The standard InChI is InChI=1S/C40H45F3N8O5S/c1-6-24-16-29(51-38(57)50(37(55)39(51,4)5)28-11-10-25(19-44)31(18-28)40(41,42)43)20-45-36(24)56-30-14-22(2)49(23(3)15-30)21-34(53)47-27-9-7-8-26(17-27)46-32-12-13-33(52)48-35(32)54/h7-11,16-18,20,22-23,30,32,38,46,57H,6,12-15,21H2,1-5H3,(H,47,53)(H,48,52,54). The van der Waals surface area contributed by atoms with E-state index < -0.39 is 40.3 Å². The number of amides is 4. The van der Waals surface area contributed by atoms with Crippen molar-refractivity contribution >= 4 is 59.0 Å². The average molecular weight is 807 g/mol. The molecule has 0 spiro atoms. The molecule has 3 N–H and O–H groups in total. The lowest BCUT2D eigenvalue weighted by atomic mass is 9.94. The minimum atomic E-state index is -4.80. The largest absolute Gasteiger partial charge is 0.474 e. The number of hydrogen-bond acceptors (Lipinski definition) is 11. The van der Waals surface area contributed by atoms with E-state index in [1.807, 2.05) is 26.8 Å². The number of benzene rings is 2. The molecule has 57 heavy (non-hydrogen) atoms. The van der Waals surface area contributed by atoms with E-state index in [0.717, 1.165) is 17.7 Å². The fraction of sp³-hybridized carbons (Fsp3) is 0.450. The van der Waals surface area contributed by atoms with Crippen molar-refractivity contribution in [3.05, 3.63) is 71.4 Å². The minimum Gasteiger partial charge on any atom is -0.474 e. The van der Waals surface area contributed by atoms with Gasteiger partial charge in [0, 0.05) is 41.1 Å². The number of alkyl halides is 3. The molecule has 3 aliphatic heterocycles. The number of imide groups is 1. The second-order valence-corrected chi connectivity index (χ2v) is 15.6. The molecule has 3 aromatic rings. The number of thiol groups is 1. The zero-order chi connectivity index (χ0) is 41.4. The van der Waals surface area contributed by atoms with Crippen LogP contribution < -0.4 is 30.5 Å². The number of aromatic nitrogens is 1. The number of aryl methyl sites for hydroxylation is 1. The van der Waals surface area contributed by atoms with Gasteiger partial charge in [-0.05, 0) is 95.8 Å². The van der Waals surface area contributed by atoms with Crippen LogP contribution in [0.5, 0.6) is 5.88 Å². The summed E-state index contributed by atoms with van der Waals surface area (Å²) in [6, 6.07) is 13.1.